The Hall–Kier alpha value is -1.15. The van der Waals surface area contributed by atoms with Gasteiger partial charge >= 0.3 is 0 Å². The molecule has 1 saturated carbocycles. The molecule has 1 unspecified atom stereocenters. The third-order valence-electron chi connectivity index (χ3n) is 5.49. The highest BCUT2D eigenvalue weighted by Crippen LogP contribution is 2.24. The predicted molar refractivity (Wildman–Crippen MR) is 101 cm³/mol. The van der Waals surface area contributed by atoms with Crippen LogP contribution in [0.25, 0.3) is 0 Å². The van der Waals surface area contributed by atoms with Gasteiger partial charge in [0.15, 0.2) is 15.8 Å². The van der Waals surface area contributed by atoms with E-state index in [4.69, 9.17) is 4.99 Å². The summed E-state index contributed by atoms with van der Waals surface area (Å²) in [7, 11) is -2.83. The fourth-order valence-corrected chi connectivity index (χ4v) is 6.70. The molecule has 0 radical (unpaired) electrons. The highest BCUT2D eigenvalue weighted by molar-refractivity contribution is 7.91. The second-order valence-corrected chi connectivity index (χ2v) is 10.6. The molecule has 25 heavy (non-hydrogen) atoms. The SMILES string of the molecule is O=S1(=O)CCC(CN=C(NC2CCCC2)N2CCc3ncsc3C2)C1. The summed E-state index contributed by atoms with van der Waals surface area (Å²) in [6, 6.07) is 0.508. The molecule has 0 aromatic carbocycles. The molecule has 1 saturated heterocycles. The monoisotopic (exact) mass is 382 g/mol. The molecule has 1 aromatic rings. The largest absolute Gasteiger partial charge is 0.353 e. The van der Waals surface area contributed by atoms with Crippen molar-refractivity contribution in [3.8, 4) is 0 Å². The second kappa shape index (κ2) is 7.23. The average molecular weight is 383 g/mol. The molecule has 3 heterocycles. The summed E-state index contributed by atoms with van der Waals surface area (Å²) < 4.78 is 23.4. The van der Waals surface area contributed by atoms with Gasteiger partial charge in [-0.05, 0) is 25.2 Å². The Bertz CT molecular complexity index is 738. The highest BCUT2D eigenvalue weighted by atomic mass is 32.2. The molecule has 1 atom stereocenters. The summed E-state index contributed by atoms with van der Waals surface area (Å²) in [5, 5.41) is 3.66. The van der Waals surface area contributed by atoms with Gasteiger partial charge in [-0.3, -0.25) is 4.99 Å². The lowest BCUT2D eigenvalue weighted by Crippen LogP contribution is -2.47. The van der Waals surface area contributed by atoms with E-state index in [-0.39, 0.29) is 5.92 Å². The van der Waals surface area contributed by atoms with Crippen molar-refractivity contribution in [3.05, 3.63) is 16.1 Å². The van der Waals surface area contributed by atoms with Crippen molar-refractivity contribution in [1.82, 2.24) is 15.2 Å². The minimum atomic E-state index is -2.83. The van der Waals surface area contributed by atoms with Crippen LogP contribution in [-0.2, 0) is 22.8 Å². The fourth-order valence-electron chi connectivity index (χ4n) is 4.02. The normalized spacial score (nSPS) is 26.8. The lowest BCUT2D eigenvalue weighted by molar-refractivity contribution is 0.370. The van der Waals surface area contributed by atoms with E-state index in [1.165, 1.54) is 36.3 Å². The second-order valence-electron chi connectivity index (χ2n) is 7.45. The molecule has 2 fully saturated rings. The van der Waals surface area contributed by atoms with Gasteiger partial charge in [-0.2, -0.15) is 0 Å². The van der Waals surface area contributed by atoms with E-state index >= 15 is 0 Å². The molecule has 8 heteroatoms. The summed E-state index contributed by atoms with van der Waals surface area (Å²) in [5.41, 5.74) is 3.15. The number of sulfone groups is 1. The maximum Gasteiger partial charge on any atom is 0.194 e. The molecule has 0 spiro atoms. The molecule has 0 bridgehead atoms. The van der Waals surface area contributed by atoms with Gasteiger partial charge in [0.25, 0.3) is 0 Å². The van der Waals surface area contributed by atoms with Crippen molar-refractivity contribution in [2.24, 2.45) is 10.9 Å². The van der Waals surface area contributed by atoms with Gasteiger partial charge in [-0.15, -0.1) is 11.3 Å². The van der Waals surface area contributed by atoms with Crippen LogP contribution in [0, 0.1) is 5.92 Å². The van der Waals surface area contributed by atoms with Gasteiger partial charge in [0.05, 0.1) is 29.3 Å². The number of nitrogens with zero attached hydrogens (tertiary/aromatic N) is 3. The van der Waals surface area contributed by atoms with Crippen molar-refractivity contribution >= 4 is 27.1 Å². The van der Waals surface area contributed by atoms with E-state index in [2.05, 4.69) is 15.2 Å². The third kappa shape index (κ3) is 4.16. The lowest BCUT2D eigenvalue weighted by Gasteiger charge is -2.31. The molecule has 1 N–H and O–H groups in total. The molecule has 0 amide bonds. The third-order valence-corrected chi connectivity index (χ3v) is 8.19. The summed E-state index contributed by atoms with van der Waals surface area (Å²) in [6.45, 7) is 2.40. The summed E-state index contributed by atoms with van der Waals surface area (Å²) in [4.78, 5) is 13.0. The number of aliphatic imine (C=N–C) groups is 1. The maximum absolute atomic E-state index is 11.7. The van der Waals surface area contributed by atoms with E-state index in [9.17, 15) is 8.42 Å². The van der Waals surface area contributed by atoms with Crippen molar-refractivity contribution in [2.75, 3.05) is 24.6 Å². The number of rotatable bonds is 3. The first-order valence-corrected chi connectivity index (χ1v) is 12.0. The number of hydrogen-bond donors (Lipinski definition) is 1. The number of aromatic nitrogens is 1. The molecule has 6 nitrogen and oxygen atoms in total. The van der Waals surface area contributed by atoms with Crippen LogP contribution in [0.4, 0.5) is 0 Å². The minimum absolute atomic E-state index is 0.175. The molecule has 3 aliphatic rings. The van der Waals surface area contributed by atoms with Crippen molar-refractivity contribution < 1.29 is 8.42 Å². The molecule has 138 valence electrons. The Morgan fingerprint density at radius 2 is 2.20 bits per heavy atom. The van der Waals surface area contributed by atoms with Gasteiger partial charge in [0.1, 0.15) is 0 Å². The first kappa shape index (κ1) is 17.3. The van der Waals surface area contributed by atoms with E-state index < -0.39 is 9.84 Å². The summed E-state index contributed by atoms with van der Waals surface area (Å²) in [6.07, 6.45) is 6.69. The van der Waals surface area contributed by atoms with Crippen LogP contribution in [0.15, 0.2) is 10.5 Å². The number of hydrogen-bond acceptors (Lipinski definition) is 5. The van der Waals surface area contributed by atoms with Crippen LogP contribution in [-0.4, -0.2) is 54.9 Å². The van der Waals surface area contributed by atoms with Gasteiger partial charge in [0, 0.05) is 30.4 Å². The smallest absolute Gasteiger partial charge is 0.194 e. The van der Waals surface area contributed by atoms with Gasteiger partial charge in [-0.25, -0.2) is 13.4 Å². The molecular formula is C17H26N4O2S2. The Balaban J connectivity index is 1.47. The number of fused-ring (bicyclic) bond motifs is 1. The van der Waals surface area contributed by atoms with Crippen LogP contribution in [0.1, 0.15) is 42.7 Å². The van der Waals surface area contributed by atoms with Gasteiger partial charge < -0.3 is 10.2 Å². The van der Waals surface area contributed by atoms with Crippen LogP contribution in [0.5, 0.6) is 0 Å². The van der Waals surface area contributed by atoms with Gasteiger partial charge in [0.2, 0.25) is 0 Å². The molecule has 1 aliphatic carbocycles. The lowest BCUT2D eigenvalue weighted by atomic mass is 10.1. The van der Waals surface area contributed by atoms with Crippen molar-refractivity contribution in [3.63, 3.8) is 0 Å². The van der Waals surface area contributed by atoms with E-state index in [0.29, 0.717) is 24.1 Å². The summed E-state index contributed by atoms with van der Waals surface area (Å²) >= 11 is 1.72. The first-order valence-electron chi connectivity index (χ1n) is 9.27. The average Bonchev–Trinajstić information content (AvgIpc) is 3.31. The van der Waals surface area contributed by atoms with Gasteiger partial charge in [-0.1, -0.05) is 12.8 Å². The van der Waals surface area contributed by atoms with E-state index in [1.807, 2.05) is 5.51 Å². The van der Waals surface area contributed by atoms with Crippen molar-refractivity contribution in [1.29, 1.82) is 0 Å². The summed E-state index contributed by atoms with van der Waals surface area (Å²) in [5.74, 6) is 1.77. The van der Waals surface area contributed by atoms with Crippen LogP contribution in [0.3, 0.4) is 0 Å². The number of thiazole rings is 1. The zero-order chi connectivity index (χ0) is 17.3. The quantitative estimate of drug-likeness (QED) is 0.638. The fraction of sp³-hybridized carbons (Fsp3) is 0.765. The molecule has 4 rings (SSSR count). The molecule has 2 aliphatic heterocycles. The Morgan fingerprint density at radius 3 is 2.96 bits per heavy atom. The topological polar surface area (TPSA) is 74.7 Å². The minimum Gasteiger partial charge on any atom is -0.353 e. The zero-order valence-corrected chi connectivity index (χ0v) is 16.1. The first-order chi connectivity index (χ1) is 12.1. The molecular weight excluding hydrogens is 356 g/mol. The van der Waals surface area contributed by atoms with Crippen LogP contribution < -0.4 is 5.32 Å². The van der Waals surface area contributed by atoms with Crippen LogP contribution >= 0.6 is 11.3 Å². The zero-order valence-electron chi connectivity index (χ0n) is 14.5. The number of nitrogens with one attached hydrogen (secondary N) is 1. The Kier molecular flexibility index (Phi) is 4.99. The Labute approximate surface area is 153 Å². The van der Waals surface area contributed by atoms with E-state index in [0.717, 1.165) is 31.9 Å². The van der Waals surface area contributed by atoms with Crippen LogP contribution in [0.2, 0.25) is 0 Å². The molecule has 1 aromatic heterocycles. The predicted octanol–water partition coefficient (Wildman–Crippen LogP) is 1.82. The number of guanidine groups is 1. The Morgan fingerprint density at radius 1 is 1.36 bits per heavy atom. The van der Waals surface area contributed by atoms with Crippen molar-refractivity contribution in [2.45, 2.75) is 51.1 Å². The van der Waals surface area contributed by atoms with E-state index in [1.54, 1.807) is 11.3 Å². The maximum atomic E-state index is 11.7. The highest BCUT2D eigenvalue weighted by Gasteiger charge is 2.29. The standard InChI is InChI=1S/C17H26N4O2S2/c22-25(23)8-6-13(11-25)9-18-17(20-14-3-1-2-4-14)21-7-5-15-16(10-21)24-12-19-15/h12-14H,1-11H2,(H,18,20).